The number of methoxy groups -OCH3 is 1. The molecule has 2 aromatic rings. The monoisotopic (exact) mass is 243 g/mol. The van der Waals surface area contributed by atoms with Gasteiger partial charge in [0, 0.05) is 30.7 Å². The molecule has 4 nitrogen and oxygen atoms in total. The Morgan fingerprint density at radius 2 is 2.11 bits per heavy atom. The van der Waals surface area contributed by atoms with Crippen molar-refractivity contribution in [1.29, 1.82) is 0 Å². The van der Waals surface area contributed by atoms with E-state index in [1.807, 2.05) is 24.3 Å². The van der Waals surface area contributed by atoms with E-state index in [0.717, 1.165) is 17.9 Å². The first kappa shape index (κ1) is 12.4. The largest absolute Gasteiger partial charge is 0.399 e. The molecule has 1 aromatic carbocycles. The predicted octanol–water partition coefficient (Wildman–Crippen LogP) is 2.60. The number of nitrogens with zero attached hydrogens (tertiary/aromatic N) is 1. The molecule has 94 valence electrons. The lowest BCUT2D eigenvalue weighted by Gasteiger charge is -2.11. The van der Waals surface area contributed by atoms with Crippen LogP contribution < -0.4 is 11.1 Å². The first-order valence-electron chi connectivity index (χ1n) is 5.85. The molecule has 1 aromatic heterocycles. The first-order valence-corrected chi connectivity index (χ1v) is 5.85. The number of benzene rings is 1. The molecule has 0 radical (unpaired) electrons. The van der Waals surface area contributed by atoms with E-state index >= 15 is 0 Å². The minimum atomic E-state index is 0.696. The molecule has 0 aliphatic heterocycles. The Kier molecular flexibility index (Phi) is 4.15. The Bertz CT molecular complexity index is 514. The van der Waals surface area contributed by atoms with E-state index in [4.69, 9.17) is 10.5 Å². The van der Waals surface area contributed by atoms with Crippen LogP contribution in [0.4, 0.5) is 17.2 Å². The molecule has 0 aliphatic carbocycles. The maximum Gasteiger partial charge on any atom is 0.132 e. The number of pyridine rings is 1. The number of nitrogens with two attached hydrogens (primary N) is 1. The van der Waals surface area contributed by atoms with Crippen molar-refractivity contribution in [2.45, 2.75) is 6.42 Å². The number of nitrogens with one attached hydrogen (secondary N) is 1. The van der Waals surface area contributed by atoms with Gasteiger partial charge in [-0.15, -0.1) is 0 Å². The van der Waals surface area contributed by atoms with Gasteiger partial charge in [-0.3, -0.25) is 0 Å². The second kappa shape index (κ2) is 6.02. The Morgan fingerprint density at radius 3 is 2.89 bits per heavy atom. The van der Waals surface area contributed by atoms with Crippen LogP contribution in [0, 0.1) is 0 Å². The first-order chi connectivity index (χ1) is 8.79. The van der Waals surface area contributed by atoms with E-state index in [-0.39, 0.29) is 0 Å². The predicted molar refractivity (Wildman–Crippen MR) is 74.0 cm³/mol. The van der Waals surface area contributed by atoms with Gasteiger partial charge in [-0.05, 0) is 24.1 Å². The highest BCUT2D eigenvalue weighted by Gasteiger charge is 2.02. The molecule has 0 spiro atoms. The van der Waals surface area contributed by atoms with E-state index in [9.17, 15) is 0 Å². The maximum atomic E-state index is 5.73. The fourth-order valence-electron chi connectivity index (χ4n) is 1.73. The van der Waals surface area contributed by atoms with Gasteiger partial charge in [0.05, 0.1) is 6.61 Å². The molecule has 0 saturated carbocycles. The second-order valence-electron chi connectivity index (χ2n) is 4.00. The summed E-state index contributed by atoms with van der Waals surface area (Å²) in [5, 5.41) is 3.28. The minimum Gasteiger partial charge on any atom is -0.399 e. The summed E-state index contributed by atoms with van der Waals surface area (Å²) in [6.07, 6.45) is 2.55. The highest BCUT2D eigenvalue weighted by Crippen LogP contribution is 2.20. The fourth-order valence-corrected chi connectivity index (χ4v) is 1.73. The standard InChI is InChI=1S/C14H17N3O/c1-18-9-7-11-4-2-3-5-13(11)17-14-10-12(15)6-8-16-14/h2-6,8,10H,7,9H2,1H3,(H3,15,16,17). The number of rotatable bonds is 5. The molecule has 1 heterocycles. The molecule has 3 N–H and O–H groups in total. The third kappa shape index (κ3) is 3.21. The van der Waals surface area contributed by atoms with Crippen molar-refractivity contribution < 1.29 is 4.74 Å². The highest BCUT2D eigenvalue weighted by molar-refractivity contribution is 5.62. The lowest BCUT2D eigenvalue weighted by molar-refractivity contribution is 0.202. The van der Waals surface area contributed by atoms with Crippen LogP contribution in [0.15, 0.2) is 42.6 Å². The number of hydrogen-bond acceptors (Lipinski definition) is 4. The van der Waals surface area contributed by atoms with Gasteiger partial charge < -0.3 is 15.8 Å². The van der Waals surface area contributed by atoms with Crippen LogP contribution in [0.3, 0.4) is 0 Å². The minimum absolute atomic E-state index is 0.696. The lowest BCUT2D eigenvalue weighted by atomic mass is 10.1. The molecular weight excluding hydrogens is 226 g/mol. The molecule has 2 rings (SSSR count). The van der Waals surface area contributed by atoms with Gasteiger partial charge in [-0.1, -0.05) is 18.2 Å². The van der Waals surface area contributed by atoms with Crippen molar-refractivity contribution in [3.05, 3.63) is 48.2 Å². The molecule has 18 heavy (non-hydrogen) atoms. The van der Waals surface area contributed by atoms with Crippen molar-refractivity contribution in [3.8, 4) is 0 Å². The second-order valence-corrected chi connectivity index (χ2v) is 4.00. The molecule has 4 heteroatoms. The lowest BCUT2D eigenvalue weighted by Crippen LogP contribution is -2.01. The zero-order valence-corrected chi connectivity index (χ0v) is 10.4. The van der Waals surface area contributed by atoms with Crippen molar-refractivity contribution in [1.82, 2.24) is 4.98 Å². The summed E-state index contributed by atoms with van der Waals surface area (Å²) < 4.78 is 5.11. The van der Waals surface area contributed by atoms with Crippen LogP contribution in [0.2, 0.25) is 0 Å². The molecule has 0 atom stereocenters. The van der Waals surface area contributed by atoms with Gasteiger partial charge in [-0.2, -0.15) is 0 Å². The Hall–Kier alpha value is -2.07. The van der Waals surface area contributed by atoms with Crippen LogP contribution in [0.5, 0.6) is 0 Å². The van der Waals surface area contributed by atoms with Gasteiger partial charge >= 0.3 is 0 Å². The molecule has 0 amide bonds. The number of anilines is 3. The SMILES string of the molecule is COCCc1ccccc1Nc1cc(N)ccn1. The highest BCUT2D eigenvalue weighted by atomic mass is 16.5. The summed E-state index contributed by atoms with van der Waals surface area (Å²) in [5.41, 5.74) is 8.66. The van der Waals surface area contributed by atoms with Crippen molar-refractivity contribution in [3.63, 3.8) is 0 Å². The Morgan fingerprint density at radius 1 is 1.28 bits per heavy atom. The molecule has 0 bridgehead atoms. The van der Waals surface area contributed by atoms with E-state index in [1.54, 1.807) is 19.4 Å². The number of para-hydroxylation sites is 1. The summed E-state index contributed by atoms with van der Waals surface area (Å²) in [6, 6.07) is 11.7. The van der Waals surface area contributed by atoms with Crippen LogP contribution in [-0.2, 0) is 11.2 Å². The summed E-state index contributed by atoms with van der Waals surface area (Å²) in [7, 11) is 1.70. The van der Waals surface area contributed by atoms with Gasteiger partial charge in [0.1, 0.15) is 5.82 Å². The summed E-state index contributed by atoms with van der Waals surface area (Å²) in [4.78, 5) is 4.23. The topological polar surface area (TPSA) is 60.2 Å². The molecule has 0 fully saturated rings. The van der Waals surface area contributed by atoms with Gasteiger partial charge in [0.2, 0.25) is 0 Å². The molecular formula is C14H17N3O. The van der Waals surface area contributed by atoms with E-state index in [0.29, 0.717) is 12.3 Å². The van der Waals surface area contributed by atoms with Gasteiger partial charge in [-0.25, -0.2) is 4.98 Å². The van der Waals surface area contributed by atoms with Crippen molar-refractivity contribution in [2.75, 3.05) is 24.8 Å². The summed E-state index contributed by atoms with van der Waals surface area (Å²) in [5.74, 6) is 0.750. The van der Waals surface area contributed by atoms with E-state index in [2.05, 4.69) is 16.4 Å². The van der Waals surface area contributed by atoms with Crippen molar-refractivity contribution >= 4 is 17.2 Å². The zero-order chi connectivity index (χ0) is 12.8. The molecule has 0 aliphatic rings. The quantitative estimate of drug-likeness (QED) is 0.847. The van der Waals surface area contributed by atoms with Crippen LogP contribution >= 0.6 is 0 Å². The van der Waals surface area contributed by atoms with Crippen LogP contribution in [0.1, 0.15) is 5.56 Å². The molecule has 0 saturated heterocycles. The number of ether oxygens (including phenoxy) is 1. The Balaban J connectivity index is 2.17. The van der Waals surface area contributed by atoms with Gasteiger partial charge in [0.25, 0.3) is 0 Å². The average Bonchev–Trinajstić information content (AvgIpc) is 2.38. The van der Waals surface area contributed by atoms with Crippen LogP contribution in [0.25, 0.3) is 0 Å². The van der Waals surface area contributed by atoms with Gasteiger partial charge in [0.15, 0.2) is 0 Å². The number of nitrogen functional groups attached to an aromatic ring is 1. The normalized spacial score (nSPS) is 10.3. The third-order valence-corrected chi connectivity index (χ3v) is 2.64. The zero-order valence-electron chi connectivity index (χ0n) is 10.4. The van der Waals surface area contributed by atoms with E-state index < -0.39 is 0 Å². The molecule has 0 unspecified atom stereocenters. The summed E-state index contributed by atoms with van der Waals surface area (Å²) in [6.45, 7) is 0.697. The smallest absolute Gasteiger partial charge is 0.132 e. The summed E-state index contributed by atoms with van der Waals surface area (Å²) >= 11 is 0. The van der Waals surface area contributed by atoms with Crippen molar-refractivity contribution in [2.24, 2.45) is 0 Å². The average molecular weight is 243 g/mol. The number of aromatic nitrogens is 1. The maximum absolute atomic E-state index is 5.73. The third-order valence-electron chi connectivity index (χ3n) is 2.64. The fraction of sp³-hybridized carbons (Fsp3) is 0.214. The van der Waals surface area contributed by atoms with E-state index in [1.165, 1.54) is 5.56 Å². The van der Waals surface area contributed by atoms with Crippen LogP contribution in [-0.4, -0.2) is 18.7 Å². The number of hydrogen-bond donors (Lipinski definition) is 2. The Labute approximate surface area is 107 Å².